The van der Waals surface area contributed by atoms with E-state index in [1.165, 1.54) is 0 Å². The molecule has 0 atom stereocenters. The van der Waals surface area contributed by atoms with Crippen molar-refractivity contribution in [1.82, 2.24) is 10.2 Å². The number of nitrogens with zero attached hydrogens (tertiary/aromatic N) is 2. The summed E-state index contributed by atoms with van der Waals surface area (Å²) >= 11 is 12.1. The molecule has 0 aromatic heterocycles. The number of rotatable bonds is 4. The van der Waals surface area contributed by atoms with Gasteiger partial charge in [-0.3, -0.25) is 4.90 Å². The number of halogens is 2. The number of benzene rings is 1. The summed E-state index contributed by atoms with van der Waals surface area (Å²) in [4.78, 5) is 4.24. The quantitative estimate of drug-likeness (QED) is 0.852. The first-order valence-electron chi connectivity index (χ1n) is 8.30. The molecular formula is C16H23Cl2N3O2S. The highest BCUT2D eigenvalue weighted by molar-refractivity contribution is 7.91. The summed E-state index contributed by atoms with van der Waals surface area (Å²) in [5, 5.41) is 4.26. The lowest BCUT2D eigenvalue weighted by Gasteiger charge is -2.36. The van der Waals surface area contributed by atoms with Gasteiger partial charge in [0.1, 0.15) is 5.88 Å². The summed E-state index contributed by atoms with van der Waals surface area (Å²) < 4.78 is 25.2. The molecule has 0 aliphatic carbocycles. The predicted molar refractivity (Wildman–Crippen MR) is 99.9 cm³/mol. The van der Waals surface area contributed by atoms with Gasteiger partial charge in [0.2, 0.25) is 0 Å². The van der Waals surface area contributed by atoms with E-state index in [1.54, 1.807) is 6.07 Å². The maximum atomic E-state index is 12.6. The second kappa shape index (κ2) is 7.79. The smallest absolute Gasteiger partial charge is 0.166 e. The van der Waals surface area contributed by atoms with Crippen LogP contribution in [0.2, 0.25) is 10.0 Å². The minimum atomic E-state index is -3.05. The van der Waals surface area contributed by atoms with E-state index in [0.29, 0.717) is 10.0 Å². The fourth-order valence-electron chi connectivity index (χ4n) is 3.37. The van der Waals surface area contributed by atoms with Crippen LogP contribution in [-0.4, -0.2) is 63.7 Å². The monoisotopic (exact) mass is 391 g/mol. The van der Waals surface area contributed by atoms with E-state index >= 15 is 0 Å². The molecule has 3 rings (SSSR count). The molecule has 1 aromatic carbocycles. The van der Waals surface area contributed by atoms with E-state index in [-0.39, 0.29) is 11.1 Å². The number of nitrogens with one attached hydrogen (secondary N) is 1. The fourth-order valence-corrected chi connectivity index (χ4v) is 5.82. The van der Waals surface area contributed by atoms with Crippen LogP contribution in [0.3, 0.4) is 0 Å². The van der Waals surface area contributed by atoms with Gasteiger partial charge in [0.05, 0.1) is 5.25 Å². The molecule has 2 saturated heterocycles. The number of hydrogen-bond donors (Lipinski definition) is 1. The Morgan fingerprint density at radius 1 is 1.00 bits per heavy atom. The Balaban J connectivity index is 1.56. The van der Waals surface area contributed by atoms with E-state index < -0.39 is 9.84 Å². The third-order valence-electron chi connectivity index (χ3n) is 4.74. The molecule has 5 nitrogen and oxygen atoms in total. The summed E-state index contributed by atoms with van der Waals surface area (Å²) in [5.74, 6) is 0.168. The van der Waals surface area contributed by atoms with Crippen molar-refractivity contribution >= 4 is 38.7 Å². The molecule has 8 heteroatoms. The molecule has 2 fully saturated rings. The second-order valence-electron chi connectivity index (χ2n) is 6.47. The summed E-state index contributed by atoms with van der Waals surface area (Å²) in [6.07, 6.45) is 1.45. The van der Waals surface area contributed by atoms with E-state index in [4.69, 9.17) is 23.2 Å². The Morgan fingerprint density at radius 3 is 2.17 bits per heavy atom. The Bertz CT molecular complexity index is 650. The Morgan fingerprint density at radius 2 is 1.58 bits per heavy atom. The van der Waals surface area contributed by atoms with Crippen molar-refractivity contribution in [3.05, 3.63) is 28.2 Å². The van der Waals surface area contributed by atoms with Crippen LogP contribution in [0.15, 0.2) is 18.2 Å². The topological polar surface area (TPSA) is 52.7 Å². The zero-order chi connectivity index (χ0) is 17.2. The van der Waals surface area contributed by atoms with Gasteiger partial charge in [0.25, 0.3) is 0 Å². The van der Waals surface area contributed by atoms with E-state index in [1.807, 2.05) is 17.0 Å². The molecule has 24 heavy (non-hydrogen) atoms. The first-order valence-corrected chi connectivity index (χ1v) is 10.8. The molecule has 134 valence electrons. The van der Waals surface area contributed by atoms with Crippen LogP contribution >= 0.6 is 23.2 Å². The van der Waals surface area contributed by atoms with Crippen LogP contribution in [0.5, 0.6) is 0 Å². The average molecular weight is 392 g/mol. The Kier molecular flexibility index (Phi) is 5.93. The van der Waals surface area contributed by atoms with Gasteiger partial charge >= 0.3 is 0 Å². The van der Waals surface area contributed by atoms with Crippen molar-refractivity contribution < 1.29 is 8.42 Å². The van der Waals surface area contributed by atoms with Gasteiger partial charge in [-0.15, -0.1) is 0 Å². The van der Waals surface area contributed by atoms with Gasteiger partial charge in [-0.1, -0.05) is 23.2 Å². The summed E-state index contributed by atoms with van der Waals surface area (Å²) in [5.41, 5.74) is 0.994. The number of hydrogen-bond acceptors (Lipinski definition) is 5. The third-order valence-corrected chi connectivity index (χ3v) is 7.39. The molecule has 2 heterocycles. The van der Waals surface area contributed by atoms with E-state index in [9.17, 15) is 8.42 Å². The van der Waals surface area contributed by atoms with Gasteiger partial charge < -0.3 is 10.2 Å². The molecule has 0 amide bonds. The number of piperazine rings is 1. The molecule has 0 radical (unpaired) electrons. The van der Waals surface area contributed by atoms with Crippen molar-refractivity contribution in [2.45, 2.75) is 18.1 Å². The largest absolute Gasteiger partial charge is 0.369 e. The first-order chi connectivity index (χ1) is 11.4. The summed E-state index contributed by atoms with van der Waals surface area (Å²) in [6, 6.07) is 5.51. The Labute approximate surface area is 153 Å². The van der Waals surface area contributed by atoms with E-state index in [0.717, 1.165) is 57.8 Å². The highest BCUT2D eigenvalue weighted by atomic mass is 35.5. The van der Waals surface area contributed by atoms with Gasteiger partial charge in [-0.2, -0.15) is 0 Å². The Hall–Kier alpha value is -0.530. The molecule has 2 aliphatic rings. The fraction of sp³-hybridized carbons (Fsp3) is 0.625. The van der Waals surface area contributed by atoms with E-state index in [2.05, 4.69) is 10.2 Å². The van der Waals surface area contributed by atoms with Gasteiger partial charge in [0.15, 0.2) is 9.84 Å². The summed E-state index contributed by atoms with van der Waals surface area (Å²) in [6.45, 7) is 4.61. The maximum Gasteiger partial charge on any atom is 0.166 e. The van der Waals surface area contributed by atoms with Crippen LogP contribution in [0, 0.1) is 0 Å². The molecule has 0 saturated carbocycles. The molecule has 0 spiro atoms. The van der Waals surface area contributed by atoms with Crippen molar-refractivity contribution in [2.24, 2.45) is 0 Å². The molecule has 0 unspecified atom stereocenters. The minimum absolute atomic E-state index is 0.168. The number of anilines is 1. The van der Waals surface area contributed by atoms with Crippen molar-refractivity contribution in [3.8, 4) is 0 Å². The summed E-state index contributed by atoms with van der Waals surface area (Å²) in [7, 11) is -3.05. The molecule has 2 aliphatic heterocycles. The van der Waals surface area contributed by atoms with Crippen molar-refractivity contribution in [3.63, 3.8) is 0 Å². The second-order valence-corrected chi connectivity index (χ2v) is 9.60. The van der Waals surface area contributed by atoms with Crippen molar-refractivity contribution in [1.29, 1.82) is 0 Å². The highest BCUT2D eigenvalue weighted by Crippen LogP contribution is 2.26. The standard InChI is InChI=1S/C16H23Cl2N3O2S/c17-13-9-14(18)11-15(10-13)21-7-5-20(6-8-21)12-24(22,23)16-1-3-19-4-2-16/h9-11,16,19H,1-8,12H2. The van der Waals surface area contributed by atoms with Crippen molar-refractivity contribution in [2.75, 3.05) is 50.0 Å². The SMILES string of the molecule is O=S(=O)(CN1CCN(c2cc(Cl)cc(Cl)c2)CC1)C1CCNCC1. The maximum absolute atomic E-state index is 12.6. The molecule has 1 N–H and O–H groups in total. The predicted octanol–water partition coefficient (Wildman–Crippen LogP) is 2.24. The zero-order valence-electron chi connectivity index (χ0n) is 13.5. The van der Waals surface area contributed by atoms with Gasteiger partial charge in [-0.05, 0) is 44.1 Å². The lowest BCUT2D eigenvalue weighted by atomic mass is 10.2. The third kappa shape index (κ3) is 4.55. The lowest BCUT2D eigenvalue weighted by molar-refractivity contribution is 0.292. The van der Waals surface area contributed by atoms with Crippen LogP contribution in [0.4, 0.5) is 5.69 Å². The minimum Gasteiger partial charge on any atom is -0.369 e. The van der Waals surface area contributed by atoms with Gasteiger partial charge in [0, 0.05) is 41.9 Å². The highest BCUT2D eigenvalue weighted by Gasteiger charge is 2.30. The number of sulfone groups is 1. The molecular weight excluding hydrogens is 369 g/mol. The first kappa shape index (κ1) is 18.3. The van der Waals surface area contributed by atoms with Crippen LogP contribution in [0.25, 0.3) is 0 Å². The normalized spacial score (nSPS) is 21.2. The number of piperidine rings is 1. The van der Waals surface area contributed by atoms with Crippen LogP contribution in [-0.2, 0) is 9.84 Å². The lowest BCUT2D eigenvalue weighted by Crippen LogP contribution is -2.49. The van der Waals surface area contributed by atoms with Crippen LogP contribution < -0.4 is 10.2 Å². The molecule has 1 aromatic rings. The molecule has 0 bridgehead atoms. The van der Waals surface area contributed by atoms with Crippen LogP contribution in [0.1, 0.15) is 12.8 Å². The van der Waals surface area contributed by atoms with Gasteiger partial charge in [-0.25, -0.2) is 8.42 Å². The zero-order valence-corrected chi connectivity index (χ0v) is 15.9. The average Bonchev–Trinajstić information content (AvgIpc) is 2.55.